The molecule has 18 heavy (non-hydrogen) atoms. The average Bonchev–Trinajstić information content (AvgIpc) is 2.42. The van der Waals surface area contributed by atoms with Crippen molar-refractivity contribution in [1.82, 2.24) is 10.6 Å². The smallest absolute Gasteiger partial charge is 0.191 e. The SMILES string of the molecule is CCNC(=NCc1cccc(OC)c1)NCCO. The first kappa shape index (κ1) is 14.3. The summed E-state index contributed by atoms with van der Waals surface area (Å²) in [7, 11) is 1.65. The number of aliphatic hydroxyl groups is 1. The third-order valence-electron chi connectivity index (χ3n) is 2.30. The van der Waals surface area contributed by atoms with Gasteiger partial charge in [0.05, 0.1) is 20.3 Å². The van der Waals surface area contributed by atoms with E-state index >= 15 is 0 Å². The van der Waals surface area contributed by atoms with Gasteiger partial charge in [0.1, 0.15) is 5.75 Å². The van der Waals surface area contributed by atoms with Crippen molar-refractivity contribution >= 4 is 5.96 Å². The third kappa shape index (κ3) is 5.05. The van der Waals surface area contributed by atoms with E-state index in [-0.39, 0.29) is 6.61 Å². The van der Waals surface area contributed by atoms with Crippen LogP contribution in [-0.2, 0) is 6.54 Å². The average molecular weight is 251 g/mol. The van der Waals surface area contributed by atoms with Crippen molar-refractivity contribution in [3.05, 3.63) is 29.8 Å². The molecule has 0 spiro atoms. The number of aliphatic imine (C=N–C) groups is 1. The summed E-state index contributed by atoms with van der Waals surface area (Å²) < 4.78 is 5.16. The van der Waals surface area contributed by atoms with Crippen molar-refractivity contribution in [3.63, 3.8) is 0 Å². The molecule has 0 aliphatic heterocycles. The number of methoxy groups -OCH3 is 1. The Morgan fingerprint density at radius 3 is 2.89 bits per heavy atom. The molecule has 0 saturated heterocycles. The van der Waals surface area contributed by atoms with E-state index in [4.69, 9.17) is 9.84 Å². The Hall–Kier alpha value is -1.75. The van der Waals surface area contributed by atoms with Crippen LogP contribution in [0, 0.1) is 0 Å². The Kier molecular flexibility index (Phi) is 6.64. The van der Waals surface area contributed by atoms with Gasteiger partial charge in [-0.15, -0.1) is 0 Å². The summed E-state index contributed by atoms with van der Waals surface area (Å²) in [6, 6.07) is 7.81. The van der Waals surface area contributed by atoms with Crippen LogP contribution in [0.25, 0.3) is 0 Å². The van der Waals surface area contributed by atoms with Crippen molar-refractivity contribution in [1.29, 1.82) is 0 Å². The standard InChI is InChI=1S/C13H21N3O2/c1-3-14-13(15-7-8-17)16-10-11-5-4-6-12(9-11)18-2/h4-6,9,17H,3,7-8,10H2,1-2H3,(H2,14,15,16). The van der Waals surface area contributed by atoms with Gasteiger partial charge in [0.25, 0.3) is 0 Å². The summed E-state index contributed by atoms with van der Waals surface area (Å²) >= 11 is 0. The predicted molar refractivity (Wildman–Crippen MR) is 72.9 cm³/mol. The molecule has 1 rings (SSSR count). The lowest BCUT2D eigenvalue weighted by Gasteiger charge is -2.10. The van der Waals surface area contributed by atoms with Gasteiger partial charge in [-0.2, -0.15) is 0 Å². The molecule has 0 atom stereocenters. The van der Waals surface area contributed by atoms with E-state index in [1.807, 2.05) is 31.2 Å². The number of hydrogen-bond donors (Lipinski definition) is 3. The maximum atomic E-state index is 8.78. The summed E-state index contributed by atoms with van der Waals surface area (Å²) in [6.45, 7) is 3.93. The van der Waals surface area contributed by atoms with E-state index in [0.29, 0.717) is 19.0 Å². The molecule has 5 heteroatoms. The quantitative estimate of drug-likeness (QED) is 0.515. The number of hydrogen-bond acceptors (Lipinski definition) is 3. The van der Waals surface area contributed by atoms with Crippen LogP contribution in [0.1, 0.15) is 12.5 Å². The van der Waals surface area contributed by atoms with Crippen LogP contribution < -0.4 is 15.4 Å². The zero-order valence-electron chi connectivity index (χ0n) is 10.9. The molecule has 0 fully saturated rings. The van der Waals surface area contributed by atoms with Crippen LogP contribution in [0.15, 0.2) is 29.3 Å². The summed E-state index contributed by atoms with van der Waals surface area (Å²) in [6.07, 6.45) is 0. The van der Waals surface area contributed by atoms with Gasteiger partial charge in [-0.05, 0) is 24.6 Å². The van der Waals surface area contributed by atoms with Crippen LogP contribution in [0.5, 0.6) is 5.75 Å². The minimum atomic E-state index is 0.0869. The van der Waals surface area contributed by atoms with E-state index in [0.717, 1.165) is 17.9 Å². The molecule has 0 aliphatic rings. The van der Waals surface area contributed by atoms with E-state index in [1.54, 1.807) is 7.11 Å². The Morgan fingerprint density at radius 1 is 1.39 bits per heavy atom. The van der Waals surface area contributed by atoms with Gasteiger partial charge in [-0.25, -0.2) is 4.99 Å². The first-order chi connectivity index (χ1) is 8.80. The van der Waals surface area contributed by atoms with Crippen molar-refractivity contribution in [2.45, 2.75) is 13.5 Å². The molecule has 0 amide bonds. The zero-order valence-corrected chi connectivity index (χ0v) is 10.9. The van der Waals surface area contributed by atoms with Gasteiger partial charge < -0.3 is 20.5 Å². The first-order valence-corrected chi connectivity index (χ1v) is 6.06. The molecule has 1 aromatic rings. The Balaban J connectivity index is 2.61. The topological polar surface area (TPSA) is 65.9 Å². The van der Waals surface area contributed by atoms with Gasteiger partial charge in [0.15, 0.2) is 5.96 Å². The molecule has 0 aliphatic carbocycles. The molecule has 0 radical (unpaired) electrons. The van der Waals surface area contributed by atoms with E-state index in [9.17, 15) is 0 Å². The van der Waals surface area contributed by atoms with E-state index in [2.05, 4.69) is 15.6 Å². The van der Waals surface area contributed by atoms with Crippen LogP contribution in [-0.4, -0.2) is 37.9 Å². The fourth-order valence-electron chi connectivity index (χ4n) is 1.46. The number of rotatable bonds is 6. The predicted octanol–water partition coefficient (Wildman–Crippen LogP) is 0.743. The number of aliphatic hydroxyl groups excluding tert-OH is 1. The highest BCUT2D eigenvalue weighted by Crippen LogP contribution is 2.12. The van der Waals surface area contributed by atoms with E-state index in [1.165, 1.54) is 0 Å². The van der Waals surface area contributed by atoms with Gasteiger partial charge in [-0.1, -0.05) is 12.1 Å². The molecular formula is C13H21N3O2. The number of nitrogens with one attached hydrogen (secondary N) is 2. The van der Waals surface area contributed by atoms with Crippen LogP contribution in [0.2, 0.25) is 0 Å². The second-order valence-corrected chi connectivity index (χ2v) is 3.70. The molecule has 0 bridgehead atoms. The largest absolute Gasteiger partial charge is 0.497 e. The minimum Gasteiger partial charge on any atom is -0.497 e. The highest BCUT2D eigenvalue weighted by Gasteiger charge is 1.98. The highest BCUT2D eigenvalue weighted by molar-refractivity contribution is 5.79. The van der Waals surface area contributed by atoms with Crippen LogP contribution >= 0.6 is 0 Å². The Labute approximate surface area is 108 Å². The number of benzene rings is 1. The normalized spacial score (nSPS) is 11.2. The second kappa shape index (κ2) is 8.36. The third-order valence-corrected chi connectivity index (χ3v) is 2.30. The van der Waals surface area contributed by atoms with Gasteiger partial charge in [-0.3, -0.25) is 0 Å². The zero-order chi connectivity index (χ0) is 13.2. The molecule has 0 unspecified atom stereocenters. The van der Waals surface area contributed by atoms with Gasteiger partial charge in [0.2, 0.25) is 0 Å². The fraction of sp³-hybridized carbons (Fsp3) is 0.462. The molecule has 1 aromatic carbocycles. The molecule has 3 N–H and O–H groups in total. The Bertz CT molecular complexity index is 380. The lowest BCUT2D eigenvalue weighted by molar-refractivity contribution is 0.300. The van der Waals surface area contributed by atoms with Crippen molar-refractivity contribution in [3.8, 4) is 5.75 Å². The number of guanidine groups is 1. The Morgan fingerprint density at radius 2 is 2.22 bits per heavy atom. The summed E-state index contributed by atoms with van der Waals surface area (Å²) in [5.74, 6) is 1.53. The van der Waals surface area contributed by atoms with Crippen molar-refractivity contribution in [2.24, 2.45) is 4.99 Å². The number of ether oxygens (including phenoxy) is 1. The van der Waals surface area contributed by atoms with Crippen molar-refractivity contribution in [2.75, 3.05) is 26.8 Å². The highest BCUT2D eigenvalue weighted by atomic mass is 16.5. The second-order valence-electron chi connectivity index (χ2n) is 3.70. The maximum Gasteiger partial charge on any atom is 0.191 e. The molecular weight excluding hydrogens is 230 g/mol. The van der Waals surface area contributed by atoms with Gasteiger partial charge >= 0.3 is 0 Å². The molecule has 0 aromatic heterocycles. The number of nitrogens with zero attached hydrogens (tertiary/aromatic N) is 1. The summed E-state index contributed by atoms with van der Waals surface area (Å²) in [5.41, 5.74) is 1.08. The minimum absolute atomic E-state index is 0.0869. The molecule has 5 nitrogen and oxygen atoms in total. The summed E-state index contributed by atoms with van der Waals surface area (Å²) in [5, 5.41) is 14.9. The van der Waals surface area contributed by atoms with Crippen LogP contribution in [0.4, 0.5) is 0 Å². The lowest BCUT2D eigenvalue weighted by Crippen LogP contribution is -2.38. The first-order valence-electron chi connectivity index (χ1n) is 6.06. The maximum absolute atomic E-state index is 8.78. The van der Waals surface area contributed by atoms with Gasteiger partial charge in [0, 0.05) is 13.1 Å². The molecule has 100 valence electrons. The van der Waals surface area contributed by atoms with Crippen LogP contribution in [0.3, 0.4) is 0 Å². The fourth-order valence-corrected chi connectivity index (χ4v) is 1.46. The molecule has 0 saturated carbocycles. The van der Waals surface area contributed by atoms with E-state index < -0.39 is 0 Å². The summed E-state index contributed by atoms with van der Waals surface area (Å²) in [4.78, 5) is 4.42. The lowest BCUT2D eigenvalue weighted by atomic mass is 10.2. The van der Waals surface area contributed by atoms with Crippen molar-refractivity contribution < 1.29 is 9.84 Å². The monoisotopic (exact) mass is 251 g/mol. The molecule has 0 heterocycles.